The highest BCUT2D eigenvalue weighted by atomic mass is 32.1. The highest BCUT2D eigenvalue weighted by Crippen LogP contribution is 2.10. The standard InChI is InChI=1S/C11H16N2O2S/c1-8-7-16-11(13-8)4-3-5-12-10(15)6-9(2)14/h7H,3-6H2,1-2H3,(H,12,15). The first-order valence-electron chi connectivity index (χ1n) is 5.25. The molecule has 0 fully saturated rings. The number of carbonyl (C=O) groups is 2. The summed E-state index contributed by atoms with van der Waals surface area (Å²) < 4.78 is 0. The van der Waals surface area contributed by atoms with Crippen molar-refractivity contribution in [2.75, 3.05) is 6.54 Å². The molecule has 0 spiro atoms. The molecule has 1 heterocycles. The van der Waals surface area contributed by atoms with Gasteiger partial charge in [0.1, 0.15) is 5.78 Å². The molecule has 1 aromatic heterocycles. The molecule has 0 saturated carbocycles. The zero-order valence-electron chi connectivity index (χ0n) is 9.58. The van der Waals surface area contributed by atoms with Crippen LogP contribution in [0.2, 0.25) is 0 Å². The van der Waals surface area contributed by atoms with E-state index in [1.165, 1.54) is 6.92 Å². The molecule has 0 bridgehead atoms. The van der Waals surface area contributed by atoms with Gasteiger partial charge in [-0.05, 0) is 20.3 Å². The summed E-state index contributed by atoms with van der Waals surface area (Å²) in [5.41, 5.74) is 1.04. The zero-order chi connectivity index (χ0) is 12.0. The van der Waals surface area contributed by atoms with E-state index in [9.17, 15) is 9.59 Å². The molecule has 1 rings (SSSR count). The van der Waals surface area contributed by atoms with E-state index >= 15 is 0 Å². The third-order valence-electron chi connectivity index (χ3n) is 1.97. The van der Waals surface area contributed by atoms with Crippen LogP contribution in [0.1, 0.15) is 30.5 Å². The monoisotopic (exact) mass is 240 g/mol. The van der Waals surface area contributed by atoms with Crippen LogP contribution in [0.25, 0.3) is 0 Å². The van der Waals surface area contributed by atoms with Crippen LogP contribution in [0.3, 0.4) is 0 Å². The molecule has 4 nitrogen and oxygen atoms in total. The fraction of sp³-hybridized carbons (Fsp3) is 0.545. The molecular formula is C11H16N2O2S. The molecular weight excluding hydrogens is 224 g/mol. The Morgan fingerprint density at radius 2 is 2.25 bits per heavy atom. The maximum absolute atomic E-state index is 11.1. The van der Waals surface area contributed by atoms with Crippen molar-refractivity contribution in [3.05, 3.63) is 16.1 Å². The lowest BCUT2D eigenvalue weighted by molar-refractivity contribution is -0.127. The van der Waals surface area contributed by atoms with Crippen molar-refractivity contribution >= 4 is 23.0 Å². The van der Waals surface area contributed by atoms with E-state index in [1.54, 1.807) is 11.3 Å². The molecule has 0 radical (unpaired) electrons. The van der Waals surface area contributed by atoms with E-state index in [0.29, 0.717) is 6.54 Å². The number of ketones is 1. The van der Waals surface area contributed by atoms with Crippen molar-refractivity contribution in [1.82, 2.24) is 10.3 Å². The Hall–Kier alpha value is -1.23. The van der Waals surface area contributed by atoms with Crippen molar-refractivity contribution < 1.29 is 9.59 Å². The SMILES string of the molecule is CC(=O)CC(=O)NCCCc1nc(C)cs1. The molecule has 1 amide bonds. The average molecular weight is 240 g/mol. The highest BCUT2D eigenvalue weighted by molar-refractivity contribution is 7.09. The third kappa shape index (κ3) is 5.02. The van der Waals surface area contributed by atoms with Crippen LogP contribution in [0, 0.1) is 6.92 Å². The van der Waals surface area contributed by atoms with Crippen LogP contribution in [0.15, 0.2) is 5.38 Å². The Morgan fingerprint density at radius 1 is 1.50 bits per heavy atom. The number of thiazole rings is 1. The predicted octanol–water partition coefficient (Wildman–Crippen LogP) is 1.48. The zero-order valence-corrected chi connectivity index (χ0v) is 10.4. The van der Waals surface area contributed by atoms with Gasteiger partial charge in [-0.25, -0.2) is 4.98 Å². The minimum Gasteiger partial charge on any atom is -0.356 e. The number of aryl methyl sites for hydroxylation is 2. The lowest BCUT2D eigenvalue weighted by Crippen LogP contribution is -2.26. The Labute approximate surface area is 99.1 Å². The van der Waals surface area contributed by atoms with Crippen LogP contribution in [-0.2, 0) is 16.0 Å². The lowest BCUT2D eigenvalue weighted by Gasteiger charge is -2.02. The van der Waals surface area contributed by atoms with E-state index in [-0.39, 0.29) is 18.1 Å². The molecule has 0 aromatic carbocycles. The number of nitrogens with one attached hydrogen (secondary N) is 1. The number of Topliss-reactive ketones (excluding diaryl/α,β-unsaturated/α-hetero) is 1. The van der Waals surface area contributed by atoms with Crippen LogP contribution in [-0.4, -0.2) is 23.2 Å². The topological polar surface area (TPSA) is 59.1 Å². The largest absolute Gasteiger partial charge is 0.356 e. The molecule has 0 aliphatic carbocycles. The Bertz CT molecular complexity index is 374. The second-order valence-corrected chi connectivity index (χ2v) is 4.66. The first kappa shape index (κ1) is 12.8. The van der Waals surface area contributed by atoms with Crippen molar-refractivity contribution in [3.8, 4) is 0 Å². The Morgan fingerprint density at radius 3 is 2.81 bits per heavy atom. The van der Waals surface area contributed by atoms with Crippen LogP contribution < -0.4 is 5.32 Å². The maximum Gasteiger partial charge on any atom is 0.227 e. The number of amides is 1. The van der Waals surface area contributed by atoms with Crippen molar-refractivity contribution in [1.29, 1.82) is 0 Å². The molecule has 0 atom stereocenters. The van der Waals surface area contributed by atoms with Gasteiger partial charge < -0.3 is 5.32 Å². The number of hydrogen-bond acceptors (Lipinski definition) is 4. The van der Waals surface area contributed by atoms with Crippen LogP contribution >= 0.6 is 11.3 Å². The Kier molecular flexibility index (Phi) is 5.11. The quantitative estimate of drug-likeness (QED) is 0.605. The molecule has 1 N–H and O–H groups in total. The fourth-order valence-electron chi connectivity index (χ4n) is 1.27. The summed E-state index contributed by atoms with van der Waals surface area (Å²) in [5, 5.41) is 5.82. The molecule has 16 heavy (non-hydrogen) atoms. The maximum atomic E-state index is 11.1. The average Bonchev–Trinajstić information content (AvgIpc) is 2.58. The first-order chi connectivity index (χ1) is 7.58. The van der Waals surface area contributed by atoms with Gasteiger partial charge in [0.15, 0.2) is 0 Å². The predicted molar refractivity (Wildman–Crippen MR) is 63.5 cm³/mol. The van der Waals surface area contributed by atoms with E-state index < -0.39 is 0 Å². The summed E-state index contributed by atoms with van der Waals surface area (Å²) >= 11 is 1.64. The highest BCUT2D eigenvalue weighted by Gasteiger charge is 2.04. The van der Waals surface area contributed by atoms with Gasteiger partial charge in [-0.2, -0.15) is 0 Å². The van der Waals surface area contributed by atoms with Gasteiger partial charge in [-0.15, -0.1) is 11.3 Å². The summed E-state index contributed by atoms with van der Waals surface area (Å²) in [6.07, 6.45) is 1.71. The second-order valence-electron chi connectivity index (χ2n) is 3.71. The molecule has 0 saturated heterocycles. The van der Waals surface area contributed by atoms with Gasteiger partial charge in [0.2, 0.25) is 5.91 Å². The molecule has 5 heteroatoms. The molecule has 0 aliphatic rings. The van der Waals surface area contributed by atoms with Gasteiger partial charge in [0.25, 0.3) is 0 Å². The number of carbonyl (C=O) groups excluding carboxylic acids is 2. The summed E-state index contributed by atoms with van der Waals surface area (Å²) in [6, 6.07) is 0. The van der Waals surface area contributed by atoms with Gasteiger partial charge in [0, 0.05) is 24.0 Å². The Balaban J connectivity index is 2.12. The number of hydrogen-bond donors (Lipinski definition) is 1. The fourth-order valence-corrected chi connectivity index (χ4v) is 2.09. The number of nitrogens with zero attached hydrogens (tertiary/aromatic N) is 1. The number of rotatable bonds is 6. The lowest BCUT2D eigenvalue weighted by atomic mass is 10.3. The first-order valence-corrected chi connectivity index (χ1v) is 6.13. The normalized spacial score (nSPS) is 10.1. The molecule has 0 aliphatic heterocycles. The summed E-state index contributed by atoms with van der Waals surface area (Å²) in [6.45, 7) is 3.98. The van der Waals surface area contributed by atoms with Gasteiger partial charge in [-0.3, -0.25) is 9.59 Å². The molecule has 1 aromatic rings. The van der Waals surface area contributed by atoms with Crippen LogP contribution in [0.5, 0.6) is 0 Å². The van der Waals surface area contributed by atoms with Crippen molar-refractivity contribution in [2.24, 2.45) is 0 Å². The third-order valence-corrected chi connectivity index (χ3v) is 2.99. The number of aromatic nitrogens is 1. The summed E-state index contributed by atoms with van der Waals surface area (Å²) in [7, 11) is 0. The van der Waals surface area contributed by atoms with Crippen molar-refractivity contribution in [3.63, 3.8) is 0 Å². The minimum absolute atomic E-state index is 0.0175. The van der Waals surface area contributed by atoms with E-state index in [4.69, 9.17) is 0 Å². The van der Waals surface area contributed by atoms with E-state index in [2.05, 4.69) is 10.3 Å². The van der Waals surface area contributed by atoms with Gasteiger partial charge in [0.05, 0.1) is 11.4 Å². The van der Waals surface area contributed by atoms with E-state index in [1.807, 2.05) is 12.3 Å². The summed E-state index contributed by atoms with van der Waals surface area (Å²) in [4.78, 5) is 26.1. The minimum atomic E-state index is -0.192. The summed E-state index contributed by atoms with van der Waals surface area (Å²) in [5.74, 6) is -0.295. The van der Waals surface area contributed by atoms with Crippen molar-refractivity contribution in [2.45, 2.75) is 33.1 Å². The smallest absolute Gasteiger partial charge is 0.227 e. The van der Waals surface area contributed by atoms with Crippen LogP contribution in [0.4, 0.5) is 0 Å². The van der Waals surface area contributed by atoms with Gasteiger partial charge in [-0.1, -0.05) is 0 Å². The van der Waals surface area contributed by atoms with Gasteiger partial charge >= 0.3 is 0 Å². The molecule has 0 unspecified atom stereocenters. The van der Waals surface area contributed by atoms with E-state index in [0.717, 1.165) is 23.5 Å². The molecule has 88 valence electrons. The second kappa shape index (κ2) is 6.37.